The molecule has 3 aromatic rings. The van der Waals surface area contributed by atoms with Crippen LogP contribution >= 0.6 is 11.6 Å². The molecule has 1 aromatic carbocycles. The summed E-state index contributed by atoms with van der Waals surface area (Å²) in [5.41, 5.74) is 1.36. The number of aromatic nitrogens is 4. The van der Waals surface area contributed by atoms with Crippen LogP contribution in [0.4, 0.5) is 0 Å². The molecule has 9 heteroatoms. The van der Waals surface area contributed by atoms with Crippen LogP contribution in [-0.4, -0.2) is 32.6 Å². The van der Waals surface area contributed by atoms with Gasteiger partial charge in [-0.1, -0.05) is 28.9 Å². The Balaban J connectivity index is 1.33. The van der Waals surface area contributed by atoms with Crippen molar-refractivity contribution in [3.8, 4) is 17.0 Å². The third kappa shape index (κ3) is 4.43. The van der Waals surface area contributed by atoms with Crippen LogP contribution in [0.2, 0.25) is 5.02 Å². The first-order valence-electron chi connectivity index (χ1n) is 10.0. The lowest BCUT2D eigenvalue weighted by atomic mass is 10.1. The highest BCUT2D eigenvalue weighted by molar-refractivity contribution is 6.30. The molecule has 1 N–H and O–H groups in total. The predicted octanol–water partition coefficient (Wildman–Crippen LogP) is 3.78. The van der Waals surface area contributed by atoms with Crippen molar-refractivity contribution in [2.75, 3.05) is 6.61 Å². The van der Waals surface area contributed by atoms with Crippen molar-refractivity contribution in [2.24, 2.45) is 5.92 Å². The standard InChI is InChI=1S/C21H20ClN5O3/c22-15-7-5-13(6-8-15)18-16(29-11-12-1-2-12)9-23-20(26-18)21(28)24-10-17-25-19(27-30-17)14-3-4-14/h5-9,12,14H,1-4,10-11H2,(H,24,28). The topological polar surface area (TPSA) is 103 Å². The van der Waals surface area contributed by atoms with E-state index in [9.17, 15) is 4.79 Å². The number of nitrogens with zero attached hydrogens (tertiary/aromatic N) is 4. The zero-order valence-electron chi connectivity index (χ0n) is 16.2. The van der Waals surface area contributed by atoms with Crippen molar-refractivity contribution in [3.63, 3.8) is 0 Å². The summed E-state index contributed by atoms with van der Waals surface area (Å²) in [6.07, 6.45) is 6.07. The lowest BCUT2D eigenvalue weighted by molar-refractivity contribution is 0.0935. The first-order valence-corrected chi connectivity index (χ1v) is 10.4. The van der Waals surface area contributed by atoms with Gasteiger partial charge in [0, 0.05) is 16.5 Å². The Morgan fingerprint density at radius 2 is 1.97 bits per heavy atom. The van der Waals surface area contributed by atoms with Gasteiger partial charge in [0.05, 0.1) is 19.3 Å². The molecule has 0 unspecified atom stereocenters. The Morgan fingerprint density at radius 1 is 1.17 bits per heavy atom. The summed E-state index contributed by atoms with van der Waals surface area (Å²) in [5, 5.41) is 7.30. The lowest BCUT2D eigenvalue weighted by Gasteiger charge is -2.12. The average molecular weight is 426 g/mol. The number of ether oxygens (including phenoxy) is 1. The Kier molecular flexibility index (Phi) is 5.08. The van der Waals surface area contributed by atoms with Crippen LogP contribution in [0.25, 0.3) is 11.3 Å². The van der Waals surface area contributed by atoms with Crippen molar-refractivity contribution < 1.29 is 14.1 Å². The first kappa shape index (κ1) is 19.0. The summed E-state index contributed by atoms with van der Waals surface area (Å²) >= 11 is 6.01. The van der Waals surface area contributed by atoms with Gasteiger partial charge in [-0.15, -0.1) is 0 Å². The van der Waals surface area contributed by atoms with Crippen LogP contribution < -0.4 is 10.1 Å². The first-order chi connectivity index (χ1) is 14.7. The Hall–Kier alpha value is -3.00. The molecule has 1 amide bonds. The molecule has 5 rings (SSSR count). The van der Waals surface area contributed by atoms with Crippen LogP contribution in [0.3, 0.4) is 0 Å². The number of halogens is 1. The van der Waals surface area contributed by atoms with Gasteiger partial charge in [-0.2, -0.15) is 4.98 Å². The second-order valence-electron chi connectivity index (χ2n) is 7.67. The minimum Gasteiger partial charge on any atom is -0.489 e. The van der Waals surface area contributed by atoms with E-state index in [1.165, 1.54) is 12.8 Å². The molecule has 0 spiro atoms. The van der Waals surface area contributed by atoms with Gasteiger partial charge < -0.3 is 14.6 Å². The summed E-state index contributed by atoms with van der Waals surface area (Å²) in [6.45, 7) is 0.744. The smallest absolute Gasteiger partial charge is 0.289 e. The molecule has 2 aliphatic carbocycles. The molecule has 0 aliphatic heterocycles. The maximum absolute atomic E-state index is 12.6. The van der Waals surface area contributed by atoms with Gasteiger partial charge in [0.25, 0.3) is 5.91 Å². The SMILES string of the molecule is O=C(NCc1nc(C2CC2)no1)c1ncc(OCC2CC2)c(-c2ccc(Cl)cc2)n1. The van der Waals surface area contributed by atoms with Gasteiger partial charge in [0.15, 0.2) is 11.6 Å². The fourth-order valence-corrected chi connectivity index (χ4v) is 3.10. The molecule has 2 aromatic heterocycles. The van der Waals surface area contributed by atoms with E-state index in [-0.39, 0.29) is 12.4 Å². The molecule has 0 saturated heterocycles. The maximum atomic E-state index is 12.6. The number of rotatable bonds is 8. The van der Waals surface area contributed by atoms with Gasteiger partial charge in [-0.05, 0) is 43.7 Å². The minimum atomic E-state index is -0.426. The van der Waals surface area contributed by atoms with E-state index >= 15 is 0 Å². The molecule has 0 bridgehead atoms. The molecule has 2 heterocycles. The van der Waals surface area contributed by atoms with E-state index in [4.69, 9.17) is 20.9 Å². The van der Waals surface area contributed by atoms with E-state index in [0.29, 0.717) is 46.6 Å². The van der Waals surface area contributed by atoms with Crippen LogP contribution in [0.15, 0.2) is 35.0 Å². The van der Waals surface area contributed by atoms with Crippen molar-refractivity contribution in [1.29, 1.82) is 0 Å². The van der Waals surface area contributed by atoms with E-state index < -0.39 is 5.91 Å². The third-order valence-electron chi connectivity index (χ3n) is 5.07. The second-order valence-corrected chi connectivity index (χ2v) is 8.11. The van der Waals surface area contributed by atoms with Crippen LogP contribution in [0.5, 0.6) is 5.75 Å². The molecule has 2 aliphatic rings. The van der Waals surface area contributed by atoms with Crippen LogP contribution in [0.1, 0.15) is 53.9 Å². The molecule has 0 atom stereocenters. The number of benzene rings is 1. The molecule has 8 nitrogen and oxygen atoms in total. The monoisotopic (exact) mass is 425 g/mol. The third-order valence-corrected chi connectivity index (χ3v) is 5.33. The quantitative estimate of drug-likeness (QED) is 0.585. The van der Waals surface area contributed by atoms with E-state index in [2.05, 4.69) is 25.4 Å². The Bertz CT molecular complexity index is 1060. The molecule has 2 saturated carbocycles. The minimum absolute atomic E-state index is 0.0423. The van der Waals surface area contributed by atoms with E-state index in [1.54, 1.807) is 18.3 Å². The number of nitrogens with one attached hydrogen (secondary N) is 1. The zero-order chi connectivity index (χ0) is 20.5. The van der Waals surface area contributed by atoms with Crippen molar-refractivity contribution in [3.05, 3.63) is 53.0 Å². The predicted molar refractivity (Wildman–Crippen MR) is 108 cm³/mol. The maximum Gasteiger partial charge on any atom is 0.289 e. The summed E-state index contributed by atoms with van der Waals surface area (Å²) < 4.78 is 11.1. The van der Waals surface area contributed by atoms with E-state index in [0.717, 1.165) is 18.4 Å². The number of carbonyl (C=O) groups excluding carboxylic acids is 1. The molecule has 154 valence electrons. The van der Waals surface area contributed by atoms with Gasteiger partial charge >= 0.3 is 0 Å². The van der Waals surface area contributed by atoms with Crippen LogP contribution in [-0.2, 0) is 6.54 Å². The van der Waals surface area contributed by atoms with Crippen molar-refractivity contribution in [1.82, 2.24) is 25.4 Å². The summed E-state index contributed by atoms with van der Waals surface area (Å²) in [6, 6.07) is 7.23. The lowest BCUT2D eigenvalue weighted by Crippen LogP contribution is -2.25. The van der Waals surface area contributed by atoms with Gasteiger partial charge in [0.1, 0.15) is 5.69 Å². The largest absolute Gasteiger partial charge is 0.489 e. The highest BCUT2D eigenvalue weighted by Crippen LogP contribution is 2.38. The molecular formula is C21H20ClN5O3. The summed E-state index contributed by atoms with van der Waals surface area (Å²) in [4.78, 5) is 25.6. The second kappa shape index (κ2) is 8.02. The normalized spacial score (nSPS) is 15.8. The average Bonchev–Trinajstić information content (AvgIpc) is 3.70. The highest BCUT2D eigenvalue weighted by Gasteiger charge is 2.29. The molecular weight excluding hydrogens is 406 g/mol. The van der Waals surface area contributed by atoms with Gasteiger partial charge in [0.2, 0.25) is 11.7 Å². The fraction of sp³-hybridized carbons (Fsp3) is 0.381. The number of amides is 1. The highest BCUT2D eigenvalue weighted by atomic mass is 35.5. The van der Waals surface area contributed by atoms with Gasteiger partial charge in [-0.25, -0.2) is 9.97 Å². The number of hydrogen-bond donors (Lipinski definition) is 1. The summed E-state index contributed by atoms with van der Waals surface area (Å²) in [5.74, 6) is 2.22. The van der Waals surface area contributed by atoms with Crippen molar-refractivity contribution >= 4 is 17.5 Å². The molecule has 0 radical (unpaired) electrons. The Labute approximate surface area is 178 Å². The molecule has 2 fully saturated rings. The van der Waals surface area contributed by atoms with Gasteiger partial charge in [-0.3, -0.25) is 4.79 Å². The number of carbonyl (C=O) groups is 1. The van der Waals surface area contributed by atoms with E-state index in [1.807, 2.05) is 12.1 Å². The Morgan fingerprint density at radius 3 is 2.70 bits per heavy atom. The van der Waals surface area contributed by atoms with Crippen LogP contribution in [0, 0.1) is 5.92 Å². The fourth-order valence-electron chi connectivity index (χ4n) is 2.97. The number of hydrogen-bond acceptors (Lipinski definition) is 7. The molecule has 30 heavy (non-hydrogen) atoms. The van der Waals surface area contributed by atoms with Crippen molar-refractivity contribution in [2.45, 2.75) is 38.1 Å². The summed E-state index contributed by atoms with van der Waals surface area (Å²) in [7, 11) is 0. The zero-order valence-corrected chi connectivity index (χ0v) is 16.9.